The van der Waals surface area contributed by atoms with E-state index in [1.165, 1.54) is 11.1 Å². The number of likely N-dealkylation sites (N-methyl/N-ethyl adjacent to an activating group) is 1. The highest BCUT2D eigenvalue weighted by atomic mass is 16.5. The molecule has 1 saturated heterocycles. The summed E-state index contributed by atoms with van der Waals surface area (Å²) in [4.78, 5) is 2.52. The van der Waals surface area contributed by atoms with E-state index in [0.717, 1.165) is 26.1 Å². The molecule has 0 radical (unpaired) electrons. The zero-order valence-corrected chi connectivity index (χ0v) is 14.1. The standard InChI is InChI=1S/C18H30N2O/c1-6-15-7-9-16(10-8-15)17(19-5)12-20-11-14(2)21-18(3,4)13-20/h7-10,14,17,19H,6,11-13H2,1-5H3. The topological polar surface area (TPSA) is 24.5 Å². The summed E-state index contributed by atoms with van der Waals surface area (Å²) in [6.07, 6.45) is 1.40. The number of rotatable bonds is 5. The molecule has 0 spiro atoms. The van der Waals surface area contributed by atoms with Crippen LogP contribution in [0.1, 0.15) is 44.9 Å². The molecule has 0 amide bonds. The van der Waals surface area contributed by atoms with Gasteiger partial charge in [-0.15, -0.1) is 0 Å². The molecule has 0 saturated carbocycles. The van der Waals surface area contributed by atoms with Gasteiger partial charge in [-0.25, -0.2) is 0 Å². The highest BCUT2D eigenvalue weighted by Gasteiger charge is 2.32. The Morgan fingerprint density at radius 3 is 2.52 bits per heavy atom. The molecule has 1 N–H and O–H groups in total. The predicted octanol–water partition coefficient (Wildman–Crippen LogP) is 3.01. The molecule has 0 aromatic heterocycles. The lowest BCUT2D eigenvalue weighted by Crippen LogP contribution is -2.53. The quantitative estimate of drug-likeness (QED) is 0.902. The number of hydrogen-bond acceptors (Lipinski definition) is 3. The lowest BCUT2D eigenvalue weighted by Gasteiger charge is -2.43. The van der Waals surface area contributed by atoms with Gasteiger partial charge in [0.2, 0.25) is 0 Å². The normalized spacial score (nSPS) is 24.0. The van der Waals surface area contributed by atoms with E-state index in [2.05, 4.69) is 62.2 Å². The molecule has 1 heterocycles. The van der Waals surface area contributed by atoms with E-state index in [4.69, 9.17) is 4.74 Å². The van der Waals surface area contributed by atoms with Crippen molar-refractivity contribution in [2.24, 2.45) is 0 Å². The Labute approximate surface area is 129 Å². The van der Waals surface area contributed by atoms with Crippen molar-refractivity contribution in [1.82, 2.24) is 10.2 Å². The fourth-order valence-corrected chi connectivity index (χ4v) is 3.33. The lowest BCUT2D eigenvalue weighted by molar-refractivity contribution is -0.129. The van der Waals surface area contributed by atoms with Crippen LogP contribution in [-0.2, 0) is 11.2 Å². The van der Waals surface area contributed by atoms with Crippen LogP contribution in [-0.4, -0.2) is 43.3 Å². The van der Waals surface area contributed by atoms with E-state index in [1.807, 2.05) is 7.05 Å². The minimum Gasteiger partial charge on any atom is -0.370 e. The number of nitrogens with zero attached hydrogens (tertiary/aromatic N) is 1. The number of ether oxygens (including phenoxy) is 1. The second-order valence-corrected chi connectivity index (χ2v) is 6.82. The molecular formula is C18H30N2O. The van der Waals surface area contributed by atoms with Crippen molar-refractivity contribution in [2.45, 2.75) is 51.9 Å². The fourth-order valence-electron chi connectivity index (χ4n) is 3.33. The second kappa shape index (κ2) is 6.91. The first-order valence-electron chi connectivity index (χ1n) is 8.10. The molecule has 1 aromatic rings. The summed E-state index contributed by atoms with van der Waals surface area (Å²) in [7, 11) is 2.05. The molecule has 0 bridgehead atoms. The summed E-state index contributed by atoms with van der Waals surface area (Å²) in [5.41, 5.74) is 2.71. The molecule has 2 unspecified atom stereocenters. The van der Waals surface area contributed by atoms with Gasteiger partial charge in [-0.1, -0.05) is 31.2 Å². The molecule has 118 valence electrons. The molecule has 21 heavy (non-hydrogen) atoms. The smallest absolute Gasteiger partial charge is 0.0757 e. The van der Waals surface area contributed by atoms with Crippen LogP contribution < -0.4 is 5.32 Å². The van der Waals surface area contributed by atoms with Gasteiger partial charge >= 0.3 is 0 Å². The van der Waals surface area contributed by atoms with Crippen LogP contribution in [0.5, 0.6) is 0 Å². The molecule has 1 aromatic carbocycles. The van der Waals surface area contributed by atoms with Gasteiger partial charge in [-0.2, -0.15) is 0 Å². The Balaban J connectivity index is 2.04. The highest BCUT2D eigenvalue weighted by Crippen LogP contribution is 2.23. The third kappa shape index (κ3) is 4.53. The molecule has 2 rings (SSSR count). The Morgan fingerprint density at radius 1 is 1.33 bits per heavy atom. The predicted molar refractivity (Wildman–Crippen MR) is 88.7 cm³/mol. The molecular weight excluding hydrogens is 260 g/mol. The fraction of sp³-hybridized carbons (Fsp3) is 0.667. The SMILES string of the molecule is CCc1ccc(C(CN2CC(C)OC(C)(C)C2)NC)cc1. The van der Waals surface area contributed by atoms with E-state index in [-0.39, 0.29) is 5.60 Å². The maximum Gasteiger partial charge on any atom is 0.0757 e. The Bertz CT molecular complexity index is 441. The summed E-state index contributed by atoms with van der Waals surface area (Å²) in [6, 6.07) is 9.37. The zero-order valence-electron chi connectivity index (χ0n) is 14.1. The highest BCUT2D eigenvalue weighted by molar-refractivity contribution is 5.25. The van der Waals surface area contributed by atoms with Gasteiger partial charge in [0.05, 0.1) is 11.7 Å². The van der Waals surface area contributed by atoms with Gasteiger partial charge in [-0.05, 0) is 45.4 Å². The van der Waals surface area contributed by atoms with Crippen molar-refractivity contribution in [1.29, 1.82) is 0 Å². The Kier molecular flexibility index (Phi) is 5.42. The van der Waals surface area contributed by atoms with Gasteiger partial charge in [-0.3, -0.25) is 4.90 Å². The average molecular weight is 290 g/mol. The van der Waals surface area contributed by atoms with Crippen LogP contribution in [0.25, 0.3) is 0 Å². The van der Waals surface area contributed by atoms with Crippen LogP contribution in [0.4, 0.5) is 0 Å². The summed E-state index contributed by atoms with van der Waals surface area (Å²) < 4.78 is 5.99. The summed E-state index contributed by atoms with van der Waals surface area (Å²) in [5.74, 6) is 0. The molecule has 1 aliphatic rings. The second-order valence-electron chi connectivity index (χ2n) is 6.82. The summed E-state index contributed by atoms with van der Waals surface area (Å²) in [5, 5.41) is 3.46. The van der Waals surface area contributed by atoms with E-state index in [1.54, 1.807) is 0 Å². The molecule has 1 fully saturated rings. The van der Waals surface area contributed by atoms with Gasteiger partial charge in [0.15, 0.2) is 0 Å². The van der Waals surface area contributed by atoms with E-state index >= 15 is 0 Å². The van der Waals surface area contributed by atoms with Gasteiger partial charge < -0.3 is 10.1 Å². The van der Waals surface area contributed by atoms with Crippen molar-refractivity contribution in [3.05, 3.63) is 35.4 Å². The van der Waals surface area contributed by atoms with E-state index in [0.29, 0.717) is 12.1 Å². The van der Waals surface area contributed by atoms with Crippen molar-refractivity contribution in [3.63, 3.8) is 0 Å². The number of aryl methyl sites for hydroxylation is 1. The van der Waals surface area contributed by atoms with Crippen LogP contribution in [0.2, 0.25) is 0 Å². The number of morpholine rings is 1. The minimum absolute atomic E-state index is 0.0535. The molecule has 3 nitrogen and oxygen atoms in total. The van der Waals surface area contributed by atoms with Gasteiger partial charge in [0, 0.05) is 25.7 Å². The van der Waals surface area contributed by atoms with Crippen molar-refractivity contribution in [3.8, 4) is 0 Å². The summed E-state index contributed by atoms with van der Waals surface area (Å²) in [6.45, 7) is 11.7. The Morgan fingerprint density at radius 2 is 2.00 bits per heavy atom. The molecule has 3 heteroatoms. The minimum atomic E-state index is -0.0535. The largest absolute Gasteiger partial charge is 0.370 e. The monoisotopic (exact) mass is 290 g/mol. The van der Waals surface area contributed by atoms with Crippen LogP contribution in [0, 0.1) is 0 Å². The van der Waals surface area contributed by atoms with E-state index in [9.17, 15) is 0 Å². The zero-order chi connectivity index (χ0) is 15.5. The number of benzene rings is 1. The summed E-state index contributed by atoms with van der Waals surface area (Å²) >= 11 is 0. The first kappa shape index (κ1) is 16.5. The maximum absolute atomic E-state index is 5.99. The van der Waals surface area contributed by atoms with Gasteiger partial charge in [0.1, 0.15) is 0 Å². The van der Waals surface area contributed by atoms with Crippen LogP contribution in [0.3, 0.4) is 0 Å². The Hall–Kier alpha value is -0.900. The third-order valence-electron chi connectivity index (χ3n) is 4.22. The van der Waals surface area contributed by atoms with E-state index < -0.39 is 0 Å². The van der Waals surface area contributed by atoms with Crippen molar-refractivity contribution < 1.29 is 4.74 Å². The van der Waals surface area contributed by atoms with Crippen molar-refractivity contribution >= 4 is 0 Å². The molecule has 2 atom stereocenters. The van der Waals surface area contributed by atoms with Crippen LogP contribution in [0.15, 0.2) is 24.3 Å². The van der Waals surface area contributed by atoms with Crippen molar-refractivity contribution in [2.75, 3.05) is 26.7 Å². The third-order valence-corrected chi connectivity index (χ3v) is 4.22. The number of hydrogen-bond donors (Lipinski definition) is 1. The lowest BCUT2D eigenvalue weighted by atomic mass is 10.0. The van der Waals surface area contributed by atoms with Crippen LogP contribution >= 0.6 is 0 Å². The number of nitrogens with one attached hydrogen (secondary N) is 1. The van der Waals surface area contributed by atoms with Gasteiger partial charge in [0.25, 0.3) is 0 Å². The first-order chi connectivity index (χ1) is 9.93. The average Bonchev–Trinajstić information content (AvgIpc) is 2.43. The maximum atomic E-state index is 5.99. The first-order valence-corrected chi connectivity index (χ1v) is 8.10. The molecule has 0 aliphatic carbocycles. The molecule has 1 aliphatic heterocycles.